The number of likely N-dealkylation sites (N-methyl/N-ethyl adjacent to an activating group) is 1. The zero-order valence-electron chi connectivity index (χ0n) is 13.7. The summed E-state index contributed by atoms with van der Waals surface area (Å²) in [5.74, 6) is -0.321. The summed E-state index contributed by atoms with van der Waals surface area (Å²) in [7, 11) is 3.99. The molecule has 1 fully saturated rings. The lowest BCUT2D eigenvalue weighted by molar-refractivity contribution is -0.136. The first-order valence-corrected chi connectivity index (χ1v) is 7.74. The fourth-order valence-corrected chi connectivity index (χ4v) is 2.47. The molecule has 3 rings (SSSR count). The lowest BCUT2D eigenvalue weighted by Crippen LogP contribution is -2.60. The van der Waals surface area contributed by atoms with Crippen LogP contribution in [0.2, 0.25) is 0 Å². The molecule has 1 aliphatic heterocycles. The normalized spacial score (nSPS) is 14.5. The maximum absolute atomic E-state index is 12.1. The zero-order valence-corrected chi connectivity index (χ0v) is 13.7. The first-order chi connectivity index (χ1) is 11.5. The summed E-state index contributed by atoms with van der Waals surface area (Å²) in [6.45, 7) is 1.45. The Labute approximate surface area is 140 Å². The van der Waals surface area contributed by atoms with E-state index >= 15 is 0 Å². The molecule has 2 amide bonds. The SMILES string of the molecule is CN(C)C1CN(C(=O)CNC(=O)c2ccc(-n3ccnn3)cc2)C1. The van der Waals surface area contributed by atoms with Crippen LogP contribution in [0.15, 0.2) is 36.7 Å². The number of amides is 2. The zero-order chi connectivity index (χ0) is 17.1. The number of nitrogens with zero attached hydrogens (tertiary/aromatic N) is 5. The molecule has 0 radical (unpaired) electrons. The van der Waals surface area contributed by atoms with Crippen LogP contribution in [0.3, 0.4) is 0 Å². The summed E-state index contributed by atoms with van der Waals surface area (Å²) in [5, 5.41) is 10.3. The number of likely N-dealkylation sites (tertiary alicyclic amines) is 1. The van der Waals surface area contributed by atoms with Gasteiger partial charge in [0.2, 0.25) is 5.91 Å². The van der Waals surface area contributed by atoms with Gasteiger partial charge in [0.15, 0.2) is 0 Å². The van der Waals surface area contributed by atoms with Gasteiger partial charge >= 0.3 is 0 Å². The van der Waals surface area contributed by atoms with Crippen molar-refractivity contribution in [1.29, 1.82) is 0 Å². The molecule has 24 heavy (non-hydrogen) atoms. The molecule has 8 nitrogen and oxygen atoms in total. The van der Waals surface area contributed by atoms with Crippen LogP contribution in [0.5, 0.6) is 0 Å². The highest BCUT2D eigenvalue weighted by Gasteiger charge is 2.31. The van der Waals surface area contributed by atoms with Gasteiger partial charge in [-0.05, 0) is 38.4 Å². The molecular weight excluding hydrogens is 308 g/mol. The molecule has 2 heterocycles. The van der Waals surface area contributed by atoms with E-state index in [0.717, 1.165) is 5.69 Å². The quantitative estimate of drug-likeness (QED) is 0.820. The van der Waals surface area contributed by atoms with Crippen molar-refractivity contribution in [3.63, 3.8) is 0 Å². The second-order valence-corrected chi connectivity index (χ2v) is 5.99. The van der Waals surface area contributed by atoms with E-state index < -0.39 is 0 Å². The number of nitrogens with one attached hydrogen (secondary N) is 1. The second kappa shape index (κ2) is 6.79. The predicted octanol–water partition coefficient (Wildman–Crippen LogP) is -0.230. The molecular formula is C16H20N6O2. The van der Waals surface area contributed by atoms with E-state index in [2.05, 4.69) is 20.5 Å². The van der Waals surface area contributed by atoms with Crippen molar-refractivity contribution >= 4 is 11.8 Å². The molecule has 1 aromatic heterocycles. The van der Waals surface area contributed by atoms with E-state index in [-0.39, 0.29) is 18.4 Å². The number of aromatic nitrogens is 3. The average molecular weight is 328 g/mol. The van der Waals surface area contributed by atoms with Crippen LogP contribution >= 0.6 is 0 Å². The van der Waals surface area contributed by atoms with E-state index in [4.69, 9.17) is 0 Å². The van der Waals surface area contributed by atoms with E-state index in [1.54, 1.807) is 46.2 Å². The van der Waals surface area contributed by atoms with Gasteiger partial charge in [0, 0.05) is 24.7 Å². The molecule has 2 aromatic rings. The molecule has 8 heteroatoms. The highest BCUT2D eigenvalue weighted by molar-refractivity contribution is 5.96. The summed E-state index contributed by atoms with van der Waals surface area (Å²) in [5.41, 5.74) is 1.32. The second-order valence-electron chi connectivity index (χ2n) is 5.99. The molecule has 1 aromatic carbocycles. The smallest absolute Gasteiger partial charge is 0.251 e. The lowest BCUT2D eigenvalue weighted by Gasteiger charge is -2.42. The van der Waals surface area contributed by atoms with E-state index in [0.29, 0.717) is 24.7 Å². The maximum Gasteiger partial charge on any atom is 0.251 e. The fraction of sp³-hybridized carbons (Fsp3) is 0.375. The molecule has 1 saturated heterocycles. The van der Waals surface area contributed by atoms with Crippen LogP contribution in [0, 0.1) is 0 Å². The third kappa shape index (κ3) is 3.43. The summed E-state index contributed by atoms with van der Waals surface area (Å²) in [6.07, 6.45) is 3.31. The molecule has 0 atom stereocenters. The van der Waals surface area contributed by atoms with Gasteiger partial charge in [-0.1, -0.05) is 5.21 Å². The Balaban J connectivity index is 1.49. The van der Waals surface area contributed by atoms with Crippen molar-refractivity contribution in [2.24, 2.45) is 0 Å². The van der Waals surface area contributed by atoms with Crippen LogP contribution in [0.1, 0.15) is 10.4 Å². The Morgan fingerprint density at radius 2 is 1.96 bits per heavy atom. The van der Waals surface area contributed by atoms with Gasteiger partial charge in [-0.2, -0.15) is 0 Å². The van der Waals surface area contributed by atoms with Gasteiger partial charge in [0.25, 0.3) is 5.91 Å². The van der Waals surface area contributed by atoms with Crippen molar-refractivity contribution in [3.8, 4) is 5.69 Å². The lowest BCUT2D eigenvalue weighted by atomic mass is 10.1. The van der Waals surface area contributed by atoms with Crippen LogP contribution in [-0.4, -0.2) is 76.4 Å². The summed E-state index contributed by atoms with van der Waals surface area (Å²) in [4.78, 5) is 28.0. The number of hydrogen-bond acceptors (Lipinski definition) is 5. The van der Waals surface area contributed by atoms with Gasteiger partial charge in [0.05, 0.1) is 24.6 Å². The maximum atomic E-state index is 12.1. The number of benzene rings is 1. The highest BCUT2D eigenvalue weighted by atomic mass is 16.2. The van der Waals surface area contributed by atoms with Gasteiger partial charge in [0.1, 0.15) is 0 Å². The minimum atomic E-state index is -0.266. The first kappa shape index (κ1) is 16.1. The van der Waals surface area contributed by atoms with E-state index in [9.17, 15) is 9.59 Å². The number of rotatable bonds is 5. The van der Waals surface area contributed by atoms with Crippen LogP contribution in [0.4, 0.5) is 0 Å². The van der Waals surface area contributed by atoms with Crippen molar-refractivity contribution in [3.05, 3.63) is 42.2 Å². The molecule has 1 aliphatic rings. The Kier molecular flexibility index (Phi) is 4.57. The fourth-order valence-electron chi connectivity index (χ4n) is 2.47. The number of hydrogen-bond donors (Lipinski definition) is 1. The van der Waals surface area contributed by atoms with Crippen molar-refractivity contribution < 1.29 is 9.59 Å². The number of carbonyl (C=O) groups excluding carboxylic acids is 2. The molecule has 0 saturated carbocycles. The minimum absolute atomic E-state index is 0.0177. The summed E-state index contributed by atoms with van der Waals surface area (Å²) in [6, 6.07) is 7.37. The molecule has 126 valence electrons. The third-order valence-corrected chi connectivity index (χ3v) is 4.16. The van der Waals surface area contributed by atoms with Crippen molar-refractivity contribution in [1.82, 2.24) is 30.1 Å². The summed E-state index contributed by atoms with van der Waals surface area (Å²) < 4.78 is 1.61. The average Bonchev–Trinajstić information content (AvgIpc) is 3.05. The van der Waals surface area contributed by atoms with Crippen LogP contribution < -0.4 is 5.32 Å². The molecule has 1 N–H and O–H groups in total. The Morgan fingerprint density at radius 3 is 2.54 bits per heavy atom. The van der Waals surface area contributed by atoms with Gasteiger partial charge in [-0.25, -0.2) is 4.68 Å². The third-order valence-electron chi connectivity index (χ3n) is 4.16. The Morgan fingerprint density at radius 1 is 1.25 bits per heavy atom. The first-order valence-electron chi connectivity index (χ1n) is 7.74. The number of carbonyl (C=O) groups is 2. The van der Waals surface area contributed by atoms with Crippen LogP contribution in [0.25, 0.3) is 5.69 Å². The van der Waals surface area contributed by atoms with Crippen LogP contribution in [-0.2, 0) is 4.79 Å². The molecule has 0 spiro atoms. The van der Waals surface area contributed by atoms with E-state index in [1.807, 2.05) is 14.1 Å². The Bertz CT molecular complexity index is 705. The Hall–Kier alpha value is -2.74. The van der Waals surface area contributed by atoms with Gasteiger partial charge < -0.3 is 15.1 Å². The van der Waals surface area contributed by atoms with Gasteiger partial charge in [-0.3, -0.25) is 9.59 Å². The molecule has 0 bridgehead atoms. The summed E-state index contributed by atoms with van der Waals surface area (Å²) >= 11 is 0. The van der Waals surface area contributed by atoms with E-state index in [1.165, 1.54) is 0 Å². The molecule has 0 aliphatic carbocycles. The monoisotopic (exact) mass is 328 g/mol. The van der Waals surface area contributed by atoms with Crippen molar-refractivity contribution in [2.75, 3.05) is 33.7 Å². The standard InChI is InChI=1S/C16H20N6O2/c1-20(2)14-10-21(11-14)15(23)9-17-16(24)12-3-5-13(6-4-12)22-8-7-18-19-22/h3-8,14H,9-11H2,1-2H3,(H,17,24). The molecule has 0 unspecified atom stereocenters. The topological polar surface area (TPSA) is 83.4 Å². The van der Waals surface area contributed by atoms with Crippen molar-refractivity contribution in [2.45, 2.75) is 6.04 Å². The van der Waals surface area contributed by atoms with Gasteiger partial charge in [-0.15, -0.1) is 5.10 Å². The largest absolute Gasteiger partial charge is 0.343 e. The highest BCUT2D eigenvalue weighted by Crippen LogP contribution is 2.12. The minimum Gasteiger partial charge on any atom is -0.343 e. The predicted molar refractivity (Wildman–Crippen MR) is 87.7 cm³/mol.